The van der Waals surface area contributed by atoms with Gasteiger partial charge in [-0.25, -0.2) is 0 Å². The quantitative estimate of drug-likeness (QED) is 0.774. The largest absolute Gasteiger partial charge is 0.508 e. The number of ether oxygens (including phenoxy) is 1. The van der Waals surface area contributed by atoms with Crippen LogP contribution in [-0.4, -0.2) is 12.2 Å². The van der Waals surface area contributed by atoms with Gasteiger partial charge in [-0.3, -0.25) is 0 Å². The Bertz CT molecular complexity index is 279. The monoisotopic (exact) mass is 180 g/mol. The van der Waals surface area contributed by atoms with Crippen molar-refractivity contribution < 1.29 is 9.84 Å². The lowest BCUT2D eigenvalue weighted by Crippen LogP contribution is -1.91. The maximum absolute atomic E-state index is 9.59. The summed E-state index contributed by atoms with van der Waals surface area (Å²) in [5.74, 6) is 0.774. The number of hydrogen-bond acceptors (Lipinski definition) is 2. The summed E-state index contributed by atoms with van der Waals surface area (Å²) < 4.78 is 4.95. The molecule has 0 atom stereocenters. The SMILES string of the molecule is COCc1ccc(C(C)C)cc1O. The summed E-state index contributed by atoms with van der Waals surface area (Å²) in [6.45, 7) is 4.67. The molecule has 0 bridgehead atoms. The highest BCUT2D eigenvalue weighted by Gasteiger charge is 2.04. The molecule has 13 heavy (non-hydrogen) atoms. The van der Waals surface area contributed by atoms with E-state index in [9.17, 15) is 5.11 Å². The van der Waals surface area contributed by atoms with Crippen LogP contribution in [0.5, 0.6) is 5.75 Å². The Morgan fingerprint density at radius 2 is 2.08 bits per heavy atom. The second-order valence-electron chi connectivity index (χ2n) is 3.48. The summed E-state index contributed by atoms with van der Waals surface area (Å²) in [7, 11) is 1.62. The van der Waals surface area contributed by atoms with Gasteiger partial charge in [-0.1, -0.05) is 26.0 Å². The molecule has 2 nitrogen and oxygen atoms in total. The third-order valence-electron chi connectivity index (χ3n) is 2.08. The normalized spacial score (nSPS) is 10.8. The van der Waals surface area contributed by atoms with Crippen molar-refractivity contribution in [2.75, 3.05) is 7.11 Å². The van der Waals surface area contributed by atoms with Crippen LogP contribution in [0, 0.1) is 0 Å². The van der Waals surface area contributed by atoms with E-state index in [0.717, 1.165) is 11.1 Å². The predicted molar refractivity (Wildman–Crippen MR) is 52.9 cm³/mol. The van der Waals surface area contributed by atoms with E-state index in [-0.39, 0.29) is 0 Å². The van der Waals surface area contributed by atoms with E-state index in [1.54, 1.807) is 13.2 Å². The zero-order valence-corrected chi connectivity index (χ0v) is 8.37. The third-order valence-corrected chi connectivity index (χ3v) is 2.08. The molecule has 1 aromatic rings. The minimum Gasteiger partial charge on any atom is -0.508 e. The number of hydrogen-bond donors (Lipinski definition) is 1. The minimum atomic E-state index is 0.327. The van der Waals surface area contributed by atoms with Crippen LogP contribution < -0.4 is 0 Å². The van der Waals surface area contributed by atoms with Crippen molar-refractivity contribution in [3.05, 3.63) is 29.3 Å². The van der Waals surface area contributed by atoms with E-state index >= 15 is 0 Å². The molecule has 1 N–H and O–H groups in total. The topological polar surface area (TPSA) is 29.5 Å². The van der Waals surface area contributed by atoms with Gasteiger partial charge in [0, 0.05) is 12.7 Å². The maximum atomic E-state index is 9.59. The molecule has 2 heteroatoms. The van der Waals surface area contributed by atoms with Gasteiger partial charge in [-0.15, -0.1) is 0 Å². The summed E-state index contributed by atoms with van der Waals surface area (Å²) >= 11 is 0. The molecule has 72 valence electrons. The Labute approximate surface area is 79.2 Å². The average molecular weight is 180 g/mol. The fraction of sp³-hybridized carbons (Fsp3) is 0.455. The maximum Gasteiger partial charge on any atom is 0.121 e. The van der Waals surface area contributed by atoms with Gasteiger partial charge in [0.25, 0.3) is 0 Å². The molecule has 0 aliphatic heterocycles. The summed E-state index contributed by atoms with van der Waals surface area (Å²) in [6.07, 6.45) is 0. The van der Waals surface area contributed by atoms with E-state index < -0.39 is 0 Å². The van der Waals surface area contributed by atoms with Crippen LogP contribution >= 0.6 is 0 Å². The summed E-state index contributed by atoms with van der Waals surface area (Å²) in [5.41, 5.74) is 1.99. The molecular weight excluding hydrogens is 164 g/mol. The van der Waals surface area contributed by atoms with Crippen LogP contribution in [-0.2, 0) is 11.3 Å². The molecular formula is C11H16O2. The lowest BCUT2D eigenvalue weighted by molar-refractivity contribution is 0.182. The van der Waals surface area contributed by atoms with Gasteiger partial charge in [0.05, 0.1) is 6.61 Å². The Balaban J connectivity index is 2.92. The second-order valence-corrected chi connectivity index (χ2v) is 3.48. The fourth-order valence-corrected chi connectivity index (χ4v) is 1.22. The second kappa shape index (κ2) is 4.28. The van der Waals surface area contributed by atoms with E-state index in [4.69, 9.17) is 4.74 Å². The van der Waals surface area contributed by atoms with E-state index in [2.05, 4.69) is 13.8 Å². The first-order valence-electron chi connectivity index (χ1n) is 4.46. The molecule has 0 saturated carbocycles. The van der Waals surface area contributed by atoms with Crippen molar-refractivity contribution in [3.63, 3.8) is 0 Å². The molecule has 0 amide bonds. The van der Waals surface area contributed by atoms with Gasteiger partial charge >= 0.3 is 0 Å². The molecule has 0 aromatic heterocycles. The van der Waals surface area contributed by atoms with Crippen molar-refractivity contribution >= 4 is 0 Å². The van der Waals surface area contributed by atoms with Gasteiger partial charge in [0.1, 0.15) is 5.75 Å². The molecule has 1 aromatic carbocycles. The highest BCUT2D eigenvalue weighted by Crippen LogP contribution is 2.23. The van der Waals surface area contributed by atoms with E-state index in [0.29, 0.717) is 18.3 Å². The lowest BCUT2D eigenvalue weighted by Gasteiger charge is -2.08. The van der Waals surface area contributed by atoms with Crippen molar-refractivity contribution in [1.29, 1.82) is 0 Å². The molecule has 0 aliphatic rings. The van der Waals surface area contributed by atoms with Crippen LogP contribution in [0.3, 0.4) is 0 Å². The van der Waals surface area contributed by atoms with Crippen LogP contribution in [0.25, 0.3) is 0 Å². The lowest BCUT2D eigenvalue weighted by atomic mass is 10.0. The highest BCUT2D eigenvalue weighted by molar-refractivity contribution is 5.37. The average Bonchev–Trinajstić information content (AvgIpc) is 2.08. The Kier molecular flexibility index (Phi) is 3.32. The molecule has 0 saturated heterocycles. The van der Waals surface area contributed by atoms with E-state index in [1.807, 2.05) is 12.1 Å². The zero-order chi connectivity index (χ0) is 9.84. The highest BCUT2D eigenvalue weighted by atomic mass is 16.5. The summed E-state index contributed by atoms with van der Waals surface area (Å²) in [4.78, 5) is 0. The molecule has 0 heterocycles. The number of phenolic OH excluding ortho intramolecular Hbond substituents is 1. The number of phenols is 1. The van der Waals surface area contributed by atoms with Gasteiger partial charge in [-0.2, -0.15) is 0 Å². The summed E-state index contributed by atoms with van der Waals surface area (Å²) in [5, 5.41) is 9.59. The van der Waals surface area contributed by atoms with Crippen LogP contribution in [0.2, 0.25) is 0 Å². The first-order chi connectivity index (χ1) is 6.15. The molecule has 1 rings (SSSR count). The van der Waals surface area contributed by atoms with E-state index in [1.165, 1.54) is 0 Å². The first kappa shape index (κ1) is 10.1. The molecule has 0 fully saturated rings. The van der Waals surface area contributed by atoms with Gasteiger partial charge in [0.15, 0.2) is 0 Å². The van der Waals surface area contributed by atoms with Crippen LogP contribution in [0.4, 0.5) is 0 Å². The number of rotatable bonds is 3. The van der Waals surface area contributed by atoms with Gasteiger partial charge in [-0.05, 0) is 17.5 Å². The standard InChI is InChI=1S/C11H16O2/c1-8(2)9-4-5-10(7-13-3)11(12)6-9/h4-6,8,12H,7H2,1-3H3. The molecule has 0 spiro atoms. The zero-order valence-electron chi connectivity index (χ0n) is 8.37. The van der Waals surface area contributed by atoms with Crippen molar-refractivity contribution in [2.24, 2.45) is 0 Å². The fourth-order valence-electron chi connectivity index (χ4n) is 1.22. The Hall–Kier alpha value is -1.02. The van der Waals surface area contributed by atoms with Crippen LogP contribution in [0.1, 0.15) is 30.9 Å². The number of benzene rings is 1. The van der Waals surface area contributed by atoms with Crippen molar-refractivity contribution in [3.8, 4) is 5.75 Å². The third kappa shape index (κ3) is 2.46. The van der Waals surface area contributed by atoms with Crippen molar-refractivity contribution in [2.45, 2.75) is 26.4 Å². The predicted octanol–water partition coefficient (Wildman–Crippen LogP) is 2.66. The molecule has 0 aliphatic carbocycles. The van der Waals surface area contributed by atoms with Crippen molar-refractivity contribution in [1.82, 2.24) is 0 Å². The number of aromatic hydroxyl groups is 1. The molecule has 0 radical (unpaired) electrons. The van der Waals surface area contributed by atoms with Crippen LogP contribution in [0.15, 0.2) is 18.2 Å². The summed E-state index contributed by atoms with van der Waals surface area (Å²) in [6, 6.07) is 5.74. The first-order valence-corrected chi connectivity index (χ1v) is 4.46. The Morgan fingerprint density at radius 1 is 1.38 bits per heavy atom. The smallest absolute Gasteiger partial charge is 0.121 e. The molecule has 0 unspecified atom stereocenters. The minimum absolute atomic E-state index is 0.327. The Morgan fingerprint density at radius 3 is 2.54 bits per heavy atom. The van der Waals surface area contributed by atoms with Gasteiger partial charge in [0.2, 0.25) is 0 Å². The number of methoxy groups -OCH3 is 1. The van der Waals surface area contributed by atoms with Gasteiger partial charge < -0.3 is 9.84 Å².